The number of hydrogen-bond acceptors (Lipinski definition) is 4. The van der Waals surface area contributed by atoms with Gasteiger partial charge in [0.15, 0.2) is 0 Å². The number of fused-ring (bicyclic) bond motifs is 1. The van der Waals surface area contributed by atoms with E-state index in [0.29, 0.717) is 17.4 Å². The van der Waals surface area contributed by atoms with E-state index >= 15 is 0 Å². The standard InChI is InChI=1S/C23H24N4O/c1-15(2)17-8-10-20(11-9-17)26-22(28)19-13-24-23(25-14-19)27-16(3)12-18-6-4-5-7-21(18)27/h4-11,13-16H,12H2,1-3H3,(H,26,28). The van der Waals surface area contributed by atoms with Crippen LogP contribution in [0.15, 0.2) is 60.9 Å². The van der Waals surface area contributed by atoms with Gasteiger partial charge in [0, 0.05) is 29.8 Å². The Morgan fingerprint density at radius 3 is 2.43 bits per heavy atom. The van der Waals surface area contributed by atoms with E-state index in [1.807, 2.05) is 30.3 Å². The van der Waals surface area contributed by atoms with Gasteiger partial charge in [-0.1, -0.05) is 44.2 Å². The summed E-state index contributed by atoms with van der Waals surface area (Å²) in [6.45, 7) is 6.45. The van der Waals surface area contributed by atoms with Crippen LogP contribution < -0.4 is 10.2 Å². The summed E-state index contributed by atoms with van der Waals surface area (Å²) >= 11 is 0. The fourth-order valence-corrected chi connectivity index (χ4v) is 3.59. The number of amides is 1. The van der Waals surface area contributed by atoms with Crippen molar-refractivity contribution in [3.63, 3.8) is 0 Å². The minimum Gasteiger partial charge on any atom is -0.322 e. The molecule has 1 N–H and O–H groups in total. The molecular weight excluding hydrogens is 348 g/mol. The molecule has 1 atom stereocenters. The minimum absolute atomic E-state index is 0.210. The lowest BCUT2D eigenvalue weighted by molar-refractivity contribution is 0.102. The zero-order valence-corrected chi connectivity index (χ0v) is 16.4. The van der Waals surface area contributed by atoms with Crippen molar-refractivity contribution in [1.82, 2.24) is 9.97 Å². The zero-order chi connectivity index (χ0) is 19.7. The third-order valence-corrected chi connectivity index (χ3v) is 5.16. The average molecular weight is 372 g/mol. The van der Waals surface area contributed by atoms with E-state index in [2.05, 4.69) is 59.2 Å². The minimum atomic E-state index is -0.210. The van der Waals surface area contributed by atoms with E-state index in [1.54, 1.807) is 12.4 Å². The predicted octanol–water partition coefficient (Wildman–Crippen LogP) is 4.94. The highest BCUT2D eigenvalue weighted by molar-refractivity contribution is 6.03. The summed E-state index contributed by atoms with van der Waals surface area (Å²) < 4.78 is 0. The van der Waals surface area contributed by atoms with Gasteiger partial charge in [-0.25, -0.2) is 9.97 Å². The normalized spacial score (nSPS) is 15.6. The lowest BCUT2D eigenvalue weighted by Gasteiger charge is -2.22. The van der Waals surface area contributed by atoms with Crippen LogP contribution >= 0.6 is 0 Å². The van der Waals surface area contributed by atoms with Crippen LogP contribution in [-0.2, 0) is 6.42 Å². The van der Waals surface area contributed by atoms with Crippen molar-refractivity contribution < 1.29 is 4.79 Å². The molecule has 1 aliphatic heterocycles. The fraction of sp³-hybridized carbons (Fsp3) is 0.261. The molecule has 0 bridgehead atoms. The maximum absolute atomic E-state index is 12.5. The molecule has 28 heavy (non-hydrogen) atoms. The zero-order valence-electron chi connectivity index (χ0n) is 16.4. The van der Waals surface area contributed by atoms with Crippen LogP contribution in [0.4, 0.5) is 17.3 Å². The third kappa shape index (κ3) is 3.48. The molecule has 142 valence electrons. The van der Waals surface area contributed by atoms with Crippen molar-refractivity contribution in [2.75, 3.05) is 10.2 Å². The number of para-hydroxylation sites is 1. The van der Waals surface area contributed by atoms with E-state index in [-0.39, 0.29) is 11.9 Å². The van der Waals surface area contributed by atoms with E-state index in [0.717, 1.165) is 17.8 Å². The average Bonchev–Trinajstić information content (AvgIpc) is 3.04. The first-order valence-corrected chi connectivity index (χ1v) is 9.63. The molecule has 2 heterocycles. The highest BCUT2D eigenvalue weighted by atomic mass is 16.1. The molecule has 0 saturated heterocycles. The molecule has 0 fully saturated rings. The Kier molecular flexibility index (Phi) is 4.82. The van der Waals surface area contributed by atoms with Crippen LogP contribution in [0, 0.1) is 0 Å². The number of aromatic nitrogens is 2. The second kappa shape index (κ2) is 7.43. The molecule has 1 aliphatic rings. The molecule has 0 saturated carbocycles. The Labute approximate surface area is 165 Å². The van der Waals surface area contributed by atoms with Gasteiger partial charge in [-0.3, -0.25) is 4.79 Å². The summed E-state index contributed by atoms with van der Waals surface area (Å²) in [4.78, 5) is 23.6. The maximum Gasteiger partial charge on any atom is 0.258 e. The SMILES string of the molecule is CC(C)c1ccc(NC(=O)c2cnc(N3c4ccccc4CC3C)nc2)cc1. The number of benzene rings is 2. The van der Waals surface area contributed by atoms with Crippen molar-refractivity contribution in [3.05, 3.63) is 77.6 Å². The summed E-state index contributed by atoms with van der Waals surface area (Å²) in [5.74, 6) is 0.873. The van der Waals surface area contributed by atoms with Gasteiger partial charge in [0.1, 0.15) is 0 Å². The summed E-state index contributed by atoms with van der Waals surface area (Å²) in [6, 6.07) is 16.5. The van der Waals surface area contributed by atoms with Gasteiger partial charge in [-0.2, -0.15) is 0 Å². The summed E-state index contributed by atoms with van der Waals surface area (Å²) in [5, 5.41) is 2.91. The molecule has 4 rings (SSSR count). The number of carbonyl (C=O) groups is 1. The van der Waals surface area contributed by atoms with Gasteiger partial charge in [0.2, 0.25) is 5.95 Å². The Morgan fingerprint density at radius 2 is 1.75 bits per heavy atom. The van der Waals surface area contributed by atoms with Crippen LogP contribution in [0.2, 0.25) is 0 Å². The molecule has 3 aromatic rings. The number of rotatable bonds is 4. The second-order valence-corrected chi connectivity index (χ2v) is 7.55. The van der Waals surface area contributed by atoms with Gasteiger partial charge in [-0.15, -0.1) is 0 Å². The predicted molar refractivity (Wildman–Crippen MR) is 112 cm³/mol. The number of hydrogen-bond donors (Lipinski definition) is 1. The van der Waals surface area contributed by atoms with Crippen molar-refractivity contribution >= 4 is 23.2 Å². The highest BCUT2D eigenvalue weighted by Gasteiger charge is 2.28. The van der Waals surface area contributed by atoms with Crippen LogP contribution in [0.5, 0.6) is 0 Å². The maximum atomic E-state index is 12.5. The third-order valence-electron chi connectivity index (χ3n) is 5.16. The van der Waals surface area contributed by atoms with Crippen molar-refractivity contribution in [3.8, 4) is 0 Å². The van der Waals surface area contributed by atoms with Gasteiger partial charge in [0.25, 0.3) is 5.91 Å². The molecular formula is C23H24N4O. The summed E-state index contributed by atoms with van der Waals surface area (Å²) in [6.07, 6.45) is 4.15. The Bertz CT molecular complexity index is 980. The molecule has 1 aromatic heterocycles. The van der Waals surface area contributed by atoms with Crippen LogP contribution in [0.25, 0.3) is 0 Å². The van der Waals surface area contributed by atoms with Crippen molar-refractivity contribution in [2.24, 2.45) is 0 Å². The molecule has 0 aliphatic carbocycles. The van der Waals surface area contributed by atoms with E-state index in [4.69, 9.17) is 0 Å². The number of nitrogens with one attached hydrogen (secondary N) is 1. The first-order valence-electron chi connectivity index (χ1n) is 9.63. The van der Waals surface area contributed by atoms with E-state index < -0.39 is 0 Å². The number of anilines is 3. The lowest BCUT2D eigenvalue weighted by Crippen LogP contribution is -2.26. The van der Waals surface area contributed by atoms with Crippen LogP contribution in [0.3, 0.4) is 0 Å². The quantitative estimate of drug-likeness (QED) is 0.705. The first kappa shape index (κ1) is 18.2. The first-order chi connectivity index (χ1) is 13.5. The van der Waals surface area contributed by atoms with E-state index in [1.165, 1.54) is 11.1 Å². The topological polar surface area (TPSA) is 58.1 Å². The van der Waals surface area contributed by atoms with E-state index in [9.17, 15) is 4.79 Å². The molecule has 0 radical (unpaired) electrons. The Morgan fingerprint density at radius 1 is 1.07 bits per heavy atom. The summed E-state index contributed by atoms with van der Waals surface area (Å²) in [5.41, 5.74) is 4.88. The second-order valence-electron chi connectivity index (χ2n) is 7.55. The molecule has 5 nitrogen and oxygen atoms in total. The van der Waals surface area contributed by atoms with Gasteiger partial charge in [0.05, 0.1) is 5.56 Å². The van der Waals surface area contributed by atoms with Gasteiger partial charge >= 0.3 is 0 Å². The molecule has 5 heteroatoms. The Balaban J connectivity index is 1.49. The molecule has 2 aromatic carbocycles. The summed E-state index contributed by atoms with van der Waals surface area (Å²) in [7, 11) is 0. The number of carbonyl (C=O) groups excluding carboxylic acids is 1. The monoisotopic (exact) mass is 372 g/mol. The van der Waals surface area contributed by atoms with Crippen molar-refractivity contribution in [1.29, 1.82) is 0 Å². The fourth-order valence-electron chi connectivity index (χ4n) is 3.59. The van der Waals surface area contributed by atoms with Gasteiger partial charge < -0.3 is 10.2 Å². The highest BCUT2D eigenvalue weighted by Crippen LogP contribution is 2.36. The number of nitrogens with zero attached hydrogens (tertiary/aromatic N) is 3. The van der Waals surface area contributed by atoms with Gasteiger partial charge in [-0.05, 0) is 48.6 Å². The molecule has 0 spiro atoms. The Hall–Kier alpha value is -3.21. The lowest BCUT2D eigenvalue weighted by atomic mass is 10.0. The van der Waals surface area contributed by atoms with Crippen LogP contribution in [0.1, 0.15) is 48.2 Å². The smallest absolute Gasteiger partial charge is 0.258 e. The largest absolute Gasteiger partial charge is 0.322 e. The van der Waals surface area contributed by atoms with Crippen LogP contribution in [-0.4, -0.2) is 21.9 Å². The molecule has 1 amide bonds. The van der Waals surface area contributed by atoms with Crippen molar-refractivity contribution in [2.45, 2.75) is 39.2 Å². The molecule has 1 unspecified atom stereocenters.